The Balaban J connectivity index is 3.71. The molecule has 0 saturated heterocycles. The molecule has 0 aliphatic carbocycles. The first-order valence-electron chi connectivity index (χ1n) is 3.08. The van der Waals surface area contributed by atoms with Gasteiger partial charge >= 0.3 is 0 Å². The van der Waals surface area contributed by atoms with Gasteiger partial charge < -0.3 is 10.2 Å². The highest BCUT2D eigenvalue weighted by Crippen LogP contribution is 2.06. The van der Waals surface area contributed by atoms with Gasteiger partial charge in [0, 0.05) is 5.92 Å². The summed E-state index contributed by atoms with van der Waals surface area (Å²) in [7, 11) is 0. The zero-order chi connectivity index (χ0) is 7.44. The van der Waals surface area contributed by atoms with E-state index in [0.29, 0.717) is 0 Å². The van der Waals surface area contributed by atoms with Crippen LogP contribution in [0.2, 0.25) is 0 Å². The highest BCUT2D eigenvalue weighted by atomic mass is 16.3. The maximum atomic E-state index is 9.07. The zero-order valence-corrected chi connectivity index (χ0v) is 5.91. The maximum Gasteiger partial charge on any atom is 0.0855 e. The van der Waals surface area contributed by atoms with Crippen molar-refractivity contribution in [2.24, 2.45) is 5.92 Å². The minimum absolute atomic E-state index is 0.0370. The van der Waals surface area contributed by atoms with Gasteiger partial charge in [-0.1, -0.05) is 13.0 Å². The lowest BCUT2D eigenvalue weighted by Crippen LogP contribution is -2.28. The quantitative estimate of drug-likeness (QED) is 0.548. The molecule has 3 atom stereocenters. The molecule has 2 heteroatoms. The van der Waals surface area contributed by atoms with Crippen LogP contribution in [0, 0.1) is 5.92 Å². The van der Waals surface area contributed by atoms with Crippen LogP contribution in [0.4, 0.5) is 0 Å². The van der Waals surface area contributed by atoms with Crippen LogP contribution in [-0.4, -0.2) is 22.4 Å². The van der Waals surface area contributed by atoms with Crippen LogP contribution in [0.5, 0.6) is 0 Å². The van der Waals surface area contributed by atoms with Gasteiger partial charge in [0.15, 0.2) is 0 Å². The zero-order valence-electron chi connectivity index (χ0n) is 5.91. The van der Waals surface area contributed by atoms with Gasteiger partial charge in [0.2, 0.25) is 0 Å². The van der Waals surface area contributed by atoms with E-state index in [1.807, 2.05) is 6.92 Å². The van der Waals surface area contributed by atoms with Gasteiger partial charge in [-0.3, -0.25) is 0 Å². The molecule has 1 unspecified atom stereocenters. The molecule has 0 radical (unpaired) electrons. The first-order chi connectivity index (χ1) is 4.09. The molecule has 0 aliphatic heterocycles. The van der Waals surface area contributed by atoms with Crippen molar-refractivity contribution in [1.29, 1.82) is 0 Å². The lowest BCUT2D eigenvalue weighted by molar-refractivity contribution is 0.00985. The largest absolute Gasteiger partial charge is 0.391 e. The molecular formula is C7H14O2. The van der Waals surface area contributed by atoms with Crippen molar-refractivity contribution in [2.75, 3.05) is 0 Å². The first kappa shape index (κ1) is 8.66. The molecule has 2 N–H and O–H groups in total. The van der Waals surface area contributed by atoms with Crippen LogP contribution in [0.3, 0.4) is 0 Å². The van der Waals surface area contributed by atoms with E-state index < -0.39 is 12.2 Å². The van der Waals surface area contributed by atoms with Crippen molar-refractivity contribution in [3.63, 3.8) is 0 Å². The Morgan fingerprint density at radius 1 is 1.33 bits per heavy atom. The summed E-state index contributed by atoms with van der Waals surface area (Å²) >= 11 is 0. The average molecular weight is 130 g/mol. The molecule has 9 heavy (non-hydrogen) atoms. The summed E-state index contributed by atoms with van der Waals surface area (Å²) in [5.74, 6) is -0.0370. The smallest absolute Gasteiger partial charge is 0.0855 e. The summed E-state index contributed by atoms with van der Waals surface area (Å²) < 4.78 is 0. The molecule has 2 nitrogen and oxygen atoms in total. The van der Waals surface area contributed by atoms with Crippen molar-refractivity contribution in [2.45, 2.75) is 26.1 Å². The standard InChI is InChI=1S/C7H14O2/c1-4-5(2)7(9)6(3)8/h4-9H,1H2,2-3H3/t5-,6?,7+/m1/s1. The molecule has 0 heterocycles. The Morgan fingerprint density at radius 3 is 1.89 bits per heavy atom. The molecule has 54 valence electrons. The minimum atomic E-state index is -0.678. The summed E-state index contributed by atoms with van der Waals surface area (Å²) in [5.41, 5.74) is 0. The number of hydrogen-bond acceptors (Lipinski definition) is 2. The van der Waals surface area contributed by atoms with Crippen molar-refractivity contribution in [3.8, 4) is 0 Å². The highest BCUT2D eigenvalue weighted by Gasteiger charge is 2.15. The molecule has 0 spiro atoms. The molecular weight excluding hydrogens is 116 g/mol. The van der Waals surface area contributed by atoms with Crippen LogP contribution in [0.1, 0.15) is 13.8 Å². The summed E-state index contributed by atoms with van der Waals surface area (Å²) in [4.78, 5) is 0. The van der Waals surface area contributed by atoms with Gasteiger partial charge in [-0.25, -0.2) is 0 Å². The molecule has 0 aromatic heterocycles. The average Bonchev–Trinajstić information content (AvgIpc) is 1.84. The Bertz CT molecular complexity index is 88.9. The monoisotopic (exact) mass is 130 g/mol. The lowest BCUT2D eigenvalue weighted by atomic mass is 10.0. The summed E-state index contributed by atoms with van der Waals surface area (Å²) in [6.07, 6.45) is 0.276. The van der Waals surface area contributed by atoms with Gasteiger partial charge in [0.25, 0.3) is 0 Å². The molecule has 0 fully saturated rings. The van der Waals surface area contributed by atoms with Crippen LogP contribution in [0.25, 0.3) is 0 Å². The summed E-state index contributed by atoms with van der Waals surface area (Å²) in [6.45, 7) is 6.86. The van der Waals surface area contributed by atoms with Crippen molar-refractivity contribution < 1.29 is 10.2 Å². The fourth-order valence-electron chi connectivity index (χ4n) is 0.579. The minimum Gasteiger partial charge on any atom is -0.391 e. The molecule has 0 aromatic rings. The van der Waals surface area contributed by atoms with E-state index in [1.54, 1.807) is 13.0 Å². The molecule has 0 aliphatic rings. The third kappa shape index (κ3) is 2.63. The van der Waals surface area contributed by atoms with Crippen molar-refractivity contribution in [1.82, 2.24) is 0 Å². The maximum absolute atomic E-state index is 9.07. The molecule has 0 rings (SSSR count). The number of hydrogen-bond donors (Lipinski definition) is 2. The SMILES string of the molecule is C=C[C@@H](C)[C@H](O)C(C)O. The van der Waals surface area contributed by atoms with Crippen molar-refractivity contribution in [3.05, 3.63) is 12.7 Å². The number of aliphatic hydroxyl groups is 2. The first-order valence-corrected chi connectivity index (χ1v) is 3.08. The third-order valence-electron chi connectivity index (χ3n) is 1.40. The van der Waals surface area contributed by atoms with Crippen molar-refractivity contribution >= 4 is 0 Å². The number of rotatable bonds is 3. The Hall–Kier alpha value is -0.340. The fourth-order valence-corrected chi connectivity index (χ4v) is 0.579. The normalized spacial score (nSPS) is 20.4. The van der Waals surface area contributed by atoms with E-state index in [0.717, 1.165) is 0 Å². The van der Waals surface area contributed by atoms with Gasteiger partial charge in [-0.05, 0) is 6.92 Å². The van der Waals surface area contributed by atoms with Gasteiger partial charge in [0.05, 0.1) is 12.2 Å². The van der Waals surface area contributed by atoms with Gasteiger partial charge in [-0.2, -0.15) is 0 Å². The van der Waals surface area contributed by atoms with E-state index in [1.165, 1.54) is 0 Å². The van der Waals surface area contributed by atoms with Crippen LogP contribution < -0.4 is 0 Å². The van der Waals surface area contributed by atoms with E-state index in [2.05, 4.69) is 6.58 Å². The highest BCUT2D eigenvalue weighted by molar-refractivity contribution is 4.83. The Morgan fingerprint density at radius 2 is 1.78 bits per heavy atom. The van der Waals surface area contributed by atoms with Crippen LogP contribution in [-0.2, 0) is 0 Å². The second-order valence-electron chi connectivity index (χ2n) is 2.33. The second-order valence-corrected chi connectivity index (χ2v) is 2.33. The van der Waals surface area contributed by atoms with E-state index >= 15 is 0 Å². The molecule has 0 saturated carbocycles. The Kier molecular flexibility index (Phi) is 3.50. The van der Waals surface area contributed by atoms with E-state index in [4.69, 9.17) is 10.2 Å². The summed E-state index contributed by atoms with van der Waals surface area (Å²) in [6, 6.07) is 0. The predicted octanol–water partition coefficient (Wildman–Crippen LogP) is 0.550. The van der Waals surface area contributed by atoms with Crippen LogP contribution >= 0.6 is 0 Å². The lowest BCUT2D eigenvalue weighted by Gasteiger charge is -2.17. The third-order valence-corrected chi connectivity index (χ3v) is 1.40. The molecule has 0 aromatic carbocycles. The van der Waals surface area contributed by atoms with Gasteiger partial charge in [0.1, 0.15) is 0 Å². The fraction of sp³-hybridized carbons (Fsp3) is 0.714. The second kappa shape index (κ2) is 3.64. The van der Waals surface area contributed by atoms with Crippen LogP contribution in [0.15, 0.2) is 12.7 Å². The summed E-state index contributed by atoms with van der Waals surface area (Å²) in [5, 5.41) is 17.9. The van der Waals surface area contributed by atoms with E-state index in [9.17, 15) is 0 Å². The number of aliphatic hydroxyl groups excluding tert-OH is 2. The Labute approximate surface area is 55.8 Å². The molecule has 0 bridgehead atoms. The predicted molar refractivity (Wildman–Crippen MR) is 37.0 cm³/mol. The topological polar surface area (TPSA) is 40.5 Å². The van der Waals surface area contributed by atoms with Gasteiger partial charge in [-0.15, -0.1) is 6.58 Å². The molecule has 0 amide bonds. The van der Waals surface area contributed by atoms with E-state index in [-0.39, 0.29) is 5.92 Å².